The van der Waals surface area contributed by atoms with Gasteiger partial charge in [0, 0.05) is 49.2 Å². The number of methoxy groups -OCH3 is 1. The number of ether oxygens (including phenoxy) is 1. The monoisotopic (exact) mass is 550 g/mol. The third-order valence-corrected chi connectivity index (χ3v) is 8.67. The molecule has 0 saturated carbocycles. The Labute approximate surface area is 247 Å². The maximum Gasteiger partial charge on any atom is 0.138 e. The van der Waals surface area contributed by atoms with Crippen molar-refractivity contribution in [2.24, 2.45) is 0 Å². The number of fused-ring (bicyclic) bond motifs is 1. The highest BCUT2D eigenvalue weighted by atomic mass is 16.5. The molecule has 4 aromatic carbocycles. The quantitative estimate of drug-likeness (QED) is 0.193. The van der Waals surface area contributed by atoms with E-state index in [1.54, 1.807) is 0 Å². The zero-order valence-electron chi connectivity index (χ0n) is 23.8. The number of aromatic nitrogens is 3. The van der Waals surface area contributed by atoms with Gasteiger partial charge in [-0.1, -0.05) is 97.1 Å². The second-order valence-electron chi connectivity index (χ2n) is 11.0. The van der Waals surface area contributed by atoms with Crippen LogP contribution in [0.25, 0.3) is 22.0 Å². The summed E-state index contributed by atoms with van der Waals surface area (Å²) in [5.41, 5.74) is 7.25. The van der Waals surface area contributed by atoms with Gasteiger partial charge >= 0.3 is 0 Å². The number of benzene rings is 4. The molecule has 2 aromatic heterocycles. The third-order valence-electron chi connectivity index (χ3n) is 8.67. The lowest BCUT2D eigenvalue weighted by atomic mass is 9.77. The zero-order chi connectivity index (χ0) is 28.4. The molecule has 0 unspecified atom stereocenters. The number of hydrogen-bond acceptors (Lipinski definition) is 4. The van der Waals surface area contributed by atoms with Gasteiger partial charge in [0.2, 0.25) is 0 Å². The first-order chi connectivity index (χ1) is 20.8. The van der Waals surface area contributed by atoms with Crippen molar-refractivity contribution in [1.82, 2.24) is 14.8 Å². The van der Waals surface area contributed by atoms with Gasteiger partial charge in [-0.15, -0.1) is 0 Å². The van der Waals surface area contributed by atoms with Crippen LogP contribution in [0.4, 0.5) is 5.69 Å². The largest absolute Gasteiger partial charge is 0.381 e. The van der Waals surface area contributed by atoms with Crippen molar-refractivity contribution in [2.45, 2.75) is 24.5 Å². The Morgan fingerprint density at radius 3 is 1.88 bits per heavy atom. The molecule has 0 radical (unpaired) electrons. The van der Waals surface area contributed by atoms with Gasteiger partial charge in [0.1, 0.15) is 5.54 Å². The van der Waals surface area contributed by atoms with E-state index in [2.05, 4.69) is 131 Å². The summed E-state index contributed by atoms with van der Waals surface area (Å²) in [5.74, 6) is 0. The Balaban J connectivity index is 1.36. The van der Waals surface area contributed by atoms with E-state index in [9.17, 15) is 0 Å². The second-order valence-corrected chi connectivity index (χ2v) is 11.0. The van der Waals surface area contributed by atoms with Gasteiger partial charge in [0.15, 0.2) is 0 Å². The van der Waals surface area contributed by atoms with E-state index in [4.69, 9.17) is 14.8 Å². The molecule has 0 bridgehead atoms. The molecule has 3 heterocycles. The molecule has 7 rings (SSSR count). The minimum Gasteiger partial charge on any atom is -0.381 e. The summed E-state index contributed by atoms with van der Waals surface area (Å²) in [6.07, 6.45) is 8.51. The lowest BCUT2D eigenvalue weighted by Crippen LogP contribution is -2.38. The summed E-state index contributed by atoms with van der Waals surface area (Å²) < 4.78 is 7.75. The van der Waals surface area contributed by atoms with Gasteiger partial charge < -0.3 is 9.64 Å². The molecule has 5 heteroatoms. The van der Waals surface area contributed by atoms with Gasteiger partial charge in [0.25, 0.3) is 0 Å². The molecule has 5 nitrogen and oxygen atoms in total. The molecule has 1 saturated heterocycles. The van der Waals surface area contributed by atoms with Gasteiger partial charge in [-0.2, -0.15) is 5.10 Å². The summed E-state index contributed by atoms with van der Waals surface area (Å²) in [5, 5.41) is 6.25. The Kier molecular flexibility index (Phi) is 7.02. The Hall–Kier alpha value is -4.74. The molecule has 6 aromatic rings. The van der Waals surface area contributed by atoms with E-state index >= 15 is 0 Å². The number of anilines is 1. The molecule has 1 aliphatic rings. The molecule has 1 fully saturated rings. The number of pyridine rings is 1. The van der Waals surface area contributed by atoms with Crippen molar-refractivity contribution >= 4 is 16.6 Å². The Bertz CT molecular complexity index is 1680. The standard InChI is InChI=1S/C37H34N4O/c1-42-33-20-23-40(24-21-33)36-19-22-38-35-18-17-28(25-34(35)36)29-26-39-41(27-29)37(30-11-5-2-6-12-30,31-13-7-3-8-14-31)32-15-9-4-10-16-32/h2-19,22,25-27,33H,20-21,23-24H2,1H3. The van der Waals surface area contributed by atoms with Crippen molar-refractivity contribution < 1.29 is 4.74 Å². The maximum atomic E-state index is 5.62. The summed E-state index contributed by atoms with van der Waals surface area (Å²) in [7, 11) is 1.82. The molecule has 1 aliphatic heterocycles. The smallest absolute Gasteiger partial charge is 0.138 e. The van der Waals surface area contributed by atoms with E-state index in [1.165, 1.54) is 11.1 Å². The second kappa shape index (κ2) is 11.3. The normalized spacial score (nSPS) is 14.4. The van der Waals surface area contributed by atoms with Crippen LogP contribution in [-0.4, -0.2) is 41.1 Å². The van der Waals surface area contributed by atoms with Crippen LogP contribution in [0.5, 0.6) is 0 Å². The first-order valence-electron chi connectivity index (χ1n) is 14.7. The first kappa shape index (κ1) is 26.2. The van der Waals surface area contributed by atoms with Crippen LogP contribution in [0.3, 0.4) is 0 Å². The summed E-state index contributed by atoms with van der Waals surface area (Å²) >= 11 is 0. The molecule has 0 amide bonds. The fraction of sp³-hybridized carbons (Fsp3) is 0.189. The van der Waals surface area contributed by atoms with Crippen LogP contribution < -0.4 is 4.90 Å². The molecule has 0 N–H and O–H groups in total. The maximum absolute atomic E-state index is 5.62. The van der Waals surface area contributed by atoms with E-state index in [0.717, 1.165) is 59.3 Å². The zero-order valence-corrected chi connectivity index (χ0v) is 23.8. The van der Waals surface area contributed by atoms with Crippen molar-refractivity contribution in [2.75, 3.05) is 25.1 Å². The SMILES string of the molecule is COC1CCN(c2ccnc3ccc(-c4cnn(C(c5ccccc5)(c5ccccc5)c5ccccc5)c4)cc23)CC1. The highest BCUT2D eigenvalue weighted by Gasteiger charge is 2.39. The topological polar surface area (TPSA) is 43.2 Å². The average Bonchev–Trinajstić information content (AvgIpc) is 3.57. The number of rotatable bonds is 7. The van der Waals surface area contributed by atoms with E-state index in [-0.39, 0.29) is 0 Å². The van der Waals surface area contributed by atoms with Gasteiger partial charge in [0.05, 0.1) is 17.8 Å². The van der Waals surface area contributed by atoms with Gasteiger partial charge in [-0.25, -0.2) is 0 Å². The van der Waals surface area contributed by atoms with Crippen molar-refractivity contribution in [3.8, 4) is 11.1 Å². The molecule has 0 atom stereocenters. The molecule has 0 spiro atoms. The molecule has 42 heavy (non-hydrogen) atoms. The lowest BCUT2D eigenvalue weighted by molar-refractivity contribution is 0.0819. The summed E-state index contributed by atoms with van der Waals surface area (Å²) in [4.78, 5) is 7.16. The van der Waals surface area contributed by atoms with Crippen LogP contribution in [0, 0.1) is 0 Å². The average molecular weight is 551 g/mol. The predicted molar refractivity (Wildman–Crippen MR) is 170 cm³/mol. The van der Waals surface area contributed by atoms with Crippen LogP contribution >= 0.6 is 0 Å². The van der Waals surface area contributed by atoms with Crippen LogP contribution in [0.1, 0.15) is 29.5 Å². The molecular weight excluding hydrogens is 516 g/mol. The number of nitrogens with zero attached hydrogens (tertiary/aromatic N) is 4. The summed E-state index contributed by atoms with van der Waals surface area (Å²) in [6, 6.07) is 40.7. The highest BCUT2D eigenvalue weighted by Crippen LogP contribution is 2.41. The molecule has 0 aliphatic carbocycles. The highest BCUT2D eigenvalue weighted by molar-refractivity contribution is 5.94. The minimum absolute atomic E-state index is 0.342. The summed E-state index contributed by atoms with van der Waals surface area (Å²) in [6.45, 7) is 1.96. The number of piperidine rings is 1. The lowest BCUT2D eigenvalue weighted by Gasteiger charge is -2.36. The number of hydrogen-bond donors (Lipinski definition) is 0. The van der Waals surface area contributed by atoms with Gasteiger partial charge in [-0.3, -0.25) is 9.67 Å². The van der Waals surface area contributed by atoms with Crippen molar-refractivity contribution in [3.63, 3.8) is 0 Å². The Morgan fingerprint density at radius 1 is 0.714 bits per heavy atom. The van der Waals surface area contributed by atoms with Crippen molar-refractivity contribution in [1.29, 1.82) is 0 Å². The van der Waals surface area contributed by atoms with Crippen LogP contribution in [-0.2, 0) is 10.3 Å². The van der Waals surface area contributed by atoms with Crippen LogP contribution in [0.15, 0.2) is 134 Å². The van der Waals surface area contributed by atoms with E-state index in [0.29, 0.717) is 6.10 Å². The fourth-order valence-corrected chi connectivity index (χ4v) is 6.51. The first-order valence-corrected chi connectivity index (χ1v) is 14.7. The molecular formula is C37H34N4O. The fourth-order valence-electron chi connectivity index (χ4n) is 6.51. The Morgan fingerprint density at radius 2 is 1.31 bits per heavy atom. The van der Waals surface area contributed by atoms with E-state index < -0.39 is 5.54 Å². The van der Waals surface area contributed by atoms with E-state index in [1.807, 2.05) is 19.5 Å². The van der Waals surface area contributed by atoms with Gasteiger partial charge in [-0.05, 0) is 53.3 Å². The third kappa shape index (κ3) is 4.56. The van der Waals surface area contributed by atoms with Crippen LogP contribution in [0.2, 0.25) is 0 Å². The minimum atomic E-state index is -0.642. The van der Waals surface area contributed by atoms with Crippen molar-refractivity contribution in [3.05, 3.63) is 151 Å². The predicted octanol–water partition coefficient (Wildman–Crippen LogP) is 7.55. The molecule has 208 valence electrons.